The Bertz CT molecular complexity index is 823. The van der Waals surface area contributed by atoms with E-state index in [1.807, 2.05) is 0 Å². The van der Waals surface area contributed by atoms with Crippen LogP contribution in [0.4, 0.5) is 5.82 Å². The number of H-pyrrole nitrogens is 1. The number of hydrogen-bond donors (Lipinski definition) is 2. The molecule has 3 rings (SSSR count). The van der Waals surface area contributed by atoms with Crippen molar-refractivity contribution in [1.29, 1.82) is 0 Å². The molecule has 1 aliphatic heterocycles. The Morgan fingerprint density at radius 1 is 1.27 bits per heavy atom. The highest BCUT2D eigenvalue weighted by Crippen LogP contribution is 2.21. The van der Waals surface area contributed by atoms with Crippen LogP contribution in [0.1, 0.15) is 40.6 Å². The topological polar surface area (TPSA) is 95.2 Å². The first kappa shape index (κ1) is 18.1. The molecule has 0 radical (unpaired) electrons. The van der Waals surface area contributed by atoms with E-state index < -0.39 is 0 Å². The summed E-state index contributed by atoms with van der Waals surface area (Å²) >= 11 is 5.78. The third kappa shape index (κ3) is 4.11. The highest BCUT2D eigenvalue weighted by molar-refractivity contribution is 6.30. The number of rotatable bonds is 4. The number of carbonyl (C=O) groups excluding carboxylic acids is 3. The number of carbonyl (C=O) groups is 3. The van der Waals surface area contributed by atoms with Gasteiger partial charge in [-0.15, -0.1) is 0 Å². The SMILES string of the molecule is CC(=O)c1c[nH]c(C(=O)N2CCC(C(=O)Nc3ccc(Cl)cn3)CC2)c1. The number of aromatic amines is 1. The van der Waals surface area contributed by atoms with Gasteiger partial charge < -0.3 is 15.2 Å². The van der Waals surface area contributed by atoms with Crippen molar-refractivity contribution in [2.45, 2.75) is 19.8 Å². The lowest BCUT2D eigenvalue weighted by atomic mass is 9.95. The summed E-state index contributed by atoms with van der Waals surface area (Å²) in [6.45, 7) is 2.43. The molecule has 2 N–H and O–H groups in total. The summed E-state index contributed by atoms with van der Waals surface area (Å²) < 4.78 is 0. The molecule has 2 aromatic heterocycles. The van der Waals surface area contributed by atoms with Gasteiger partial charge in [0.1, 0.15) is 11.5 Å². The number of hydrogen-bond acceptors (Lipinski definition) is 4. The second-order valence-corrected chi connectivity index (χ2v) is 6.71. The summed E-state index contributed by atoms with van der Waals surface area (Å²) in [5.41, 5.74) is 0.876. The number of nitrogens with zero attached hydrogens (tertiary/aromatic N) is 2. The van der Waals surface area contributed by atoms with Gasteiger partial charge in [-0.1, -0.05) is 11.6 Å². The van der Waals surface area contributed by atoms with E-state index in [1.165, 1.54) is 19.3 Å². The number of pyridine rings is 1. The molecule has 7 nitrogen and oxygen atoms in total. The Morgan fingerprint density at radius 2 is 2.00 bits per heavy atom. The summed E-state index contributed by atoms with van der Waals surface area (Å²) in [4.78, 5) is 44.8. The average Bonchev–Trinajstić information content (AvgIpc) is 3.13. The fourth-order valence-corrected chi connectivity index (χ4v) is 3.03. The van der Waals surface area contributed by atoms with Crippen LogP contribution < -0.4 is 5.32 Å². The van der Waals surface area contributed by atoms with Crippen LogP contribution in [0.3, 0.4) is 0 Å². The second kappa shape index (κ2) is 7.70. The van der Waals surface area contributed by atoms with Crippen LogP contribution >= 0.6 is 11.6 Å². The lowest BCUT2D eigenvalue weighted by Crippen LogP contribution is -2.41. The maximum atomic E-state index is 12.5. The predicted octanol–water partition coefficient (Wildman–Crippen LogP) is 2.76. The standard InChI is InChI=1S/C18H19ClN4O3/c1-11(24)13-8-15(20-9-13)18(26)23-6-4-12(5-7-23)17(25)22-16-3-2-14(19)10-21-16/h2-3,8-10,12,20H,4-7H2,1H3,(H,21,22,25). The molecule has 136 valence electrons. The number of nitrogens with one attached hydrogen (secondary N) is 2. The Kier molecular flexibility index (Phi) is 5.37. The van der Waals surface area contributed by atoms with E-state index in [0.29, 0.717) is 48.0 Å². The van der Waals surface area contributed by atoms with Crippen molar-refractivity contribution in [3.8, 4) is 0 Å². The average molecular weight is 375 g/mol. The van der Waals surface area contributed by atoms with E-state index in [4.69, 9.17) is 11.6 Å². The second-order valence-electron chi connectivity index (χ2n) is 6.28. The van der Waals surface area contributed by atoms with Gasteiger partial charge in [0.25, 0.3) is 5.91 Å². The summed E-state index contributed by atoms with van der Waals surface area (Å²) in [6, 6.07) is 4.88. The number of likely N-dealkylation sites (tertiary alicyclic amines) is 1. The number of ketones is 1. The molecule has 0 atom stereocenters. The van der Waals surface area contributed by atoms with Crippen LogP contribution in [0.5, 0.6) is 0 Å². The van der Waals surface area contributed by atoms with Crippen LogP contribution in [0, 0.1) is 5.92 Å². The molecular weight excluding hydrogens is 356 g/mol. The molecule has 0 aliphatic carbocycles. The van der Waals surface area contributed by atoms with Crippen LogP contribution in [0.25, 0.3) is 0 Å². The minimum Gasteiger partial charge on any atom is -0.356 e. The molecule has 0 unspecified atom stereocenters. The Hall–Kier alpha value is -2.67. The molecular formula is C18H19ClN4O3. The molecule has 1 saturated heterocycles. The third-order valence-electron chi connectivity index (χ3n) is 4.45. The number of aromatic nitrogens is 2. The van der Waals surface area contributed by atoms with E-state index in [0.717, 1.165) is 0 Å². The molecule has 26 heavy (non-hydrogen) atoms. The quantitative estimate of drug-likeness (QED) is 0.804. The highest BCUT2D eigenvalue weighted by Gasteiger charge is 2.28. The first-order chi connectivity index (χ1) is 12.4. The lowest BCUT2D eigenvalue weighted by molar-refractivity contribution is -0.121. The van der Waals surface area contributed by atoms with Gasteiger partial charge in [0.15, 0.2) is 5.78 Å². The Balaban J connectivity index is 1.54. The molecule has 3 heterocycles. The molecule has 1 fully saturated rings. The van der Waals surface area contributed by atoms with Gasteiger partial charge in [0.05, 0.1) is 5.02 Å². The number of halogens is 1. The van der Waals surface area contributed by atoms with Gasteiger partial charge in [-0.05, 0) is 38.0 Å². The molecule has 2 aromatic rings. The van der Waals surface area contributed by atoms with Crippen molar-refractivity contribution in [2.75, 3.05) is 18.4 Å². The van der Waals surface area contributed by atoms with Crippen molar-refractivity contribution in [1.82, 2.24) is 14.9 Å². The van der Waals surface area contributed by atoms with Gasteiger partial charge in [-0.25, -0.2) is 4.98 Å². The van der Waals surface area contributed by atoms with E-state index in [-0.39, 0.29) is 23.5 Å². The molecule has 1 aliphatic rings. The third-order valence-corrected chi connectivity index (χ3v) is 4.68. The summed E-state index contributed by atoms with van der Waals surface area (Å²) in [5, 5.41) is 3.28. The normalized spacial score (nSPS) is 14.9. The van der Waals surface area contributed by atoms with Gasteiger partial charge >= 0.3 is 0 Å². The molecule has 2 amide bonds. The van der Waals surface area contributed by atoms with Gasteiger partial charge in [0, 0.05) is 37.0 Å². The minimum absolute atomic E-state index is 0.0912. The molecule has 0 saturated carbocycles. The van der Waals surface area contributed by atoms with Gasteiger partial charge in [-0.3, -0.25) is 14.4 Å². The van der Waals surface area contributed by atoms with Crippen molar-refractivity contribution in [2.24, 2.45) is 5.92 Å². The Labute approximate surface area is 155 Å². The van der Waals surface area contributed by atoms with Crippen LogP contribution in [-0.2, 0) is 4.79 Å². The maximum absolute atomic E-state index is 12.5. The summed E-state index contributed by atoms with van der Waals surface area (Å²) in [7, 11) is 0. The van der Waals surface area contributed by atoms with Crippen molar-refractivity contribution < 1.29 is 14.4 Å². The lowest BCUT2D eigenvalue weighted by Gasteiger charge is -2.31. The fraction of sp³-hybridized carbons (Fsp3) is 0.333. The fourth-order valence-electron chi connectivity index (χ4n) is 2.91. The van der Waals surface area contributed by atoms with E-state index >= 15 is 0 Å². The van der Waals surface area contributed by atoms with Crippen LogP contribution in [0.2, 0.25) is 5.02 Å². The van der Waals surface area contributed by atoms with Crippen molar-refractivity contribution >= 4 is 35.0 Å². The number of piperidine rings is 1. The number of anilines is 1. The zero-order valence-electron chi connectivity index (χ0n) is 14.3. The minimum atomic E-state index is -0.173. The smallest absolute Gasteiger partial charge is 0.270 e. The molecule has 8 heteroatoms. The first-order valence-electron chi connectivity index (χ1n) is 8.35. The van der Waals surface area contributed by atoms with E-state index in [1.54, 1.807) is 23.1 Å². The summed E-state index contributed by atoms with van der Waals surface area (Å²) in [6.07, 6.45) is 4.16. The molecule has 0 bridgehead atoms. The number of Topliss-reactive ketones (excluding diaryl/α,β-unsaturated/α-hetero) is 1. The summed E-state index contributed by atoms with van der Waals surface area (Å²) in [5.74, 6) is -0.0677. The Morgan fingerprint density at radius 3 is 2.58 bits per heavy atom. The van der Waals surface area contributed by atoms with E-state index in [2.05, 4.69) is 15.3 Å². The zero-order valence-corrected chi connectivity index (χ0v) is 15.0. The first-order valence-corrected chi connectivity index (χ1v) is 8.73. The highest BCUT2D eigenvalue weighted by atomic mass is 35.5. The van der Waals surface area contributed by atoms with Crippen molar-refractivity contribution in [3.05, 3.63) is 46.9 Å². The maximum Gasteiger partial charge on any atom is 0.270 e. The van der Waals surface area contributed by atoms with Crippen molar-refractivity contribution in [3.63, 3.8) is 0 Å². The molecule has 0 aromatic carbocycles. The number of amides is 2. The molecule has 0 spiro atoms. The van der Waals surface area contributed by atoms with E-state index in [9.17, 15) is 14.4 Å². The van der Waals surface area contributed by atoms with Crippen LogP contribution in [0.15, 0.2) is 30.6 Å². The predicted molar refractivity (Wildman–Crippen MR) is 97.3 cm³/mol. The van der Waals surface area contributed by atoms with Crippen LogP contribution in [-0.4, -0.2) is 45.6 Å². The monoisotopic (exact) mass is 374 g/mol. The van der Waals surface area contributed by atoms with Gasteiger partial charge in [0.2, 0.25) is 5.91 Å². The zero-order chi connectivity index (χ0) is 18.7. The van der Waals surface area contributed by atoms with Gasteiger partial charge in [-0.2, -0.15) is 0 Å². The largest absolute Gasteiger partial charge is 0.356 e.